The number of sulfone groups is 1. The first kappa shape index (κ1) is 23.4. The van der Waals surface area contributed by atoms with Gasteiger partial charge in [0.05, 0.1) is 26.8 Å². The number of aromatic nitrogens is 1. The highest BCUT2D eigenvalue weighted by atomic mass is 32.2. The summed E-state index contributed by atoms with van der Waals surface area (Å²) in [7, 11) is 0.615. The Labute approximate surface area is 188 Å². The molecule has 166 valence electrons. The van der Waals surface area contributed by atoms with Crippen LogP contribution in [0.25, 0.3) is 10.2 Å². The zero-order chi connectivity index (χ0) is 22.8. The molecule has 3 rings (SSSR count). The van der Waals surface area contributed by atoms with Gasteiger partial charge in [-0.3, -0.25) is 9.69 Å². The van der Waals surface area contributed by atoms with Crippen molar-refractivity contribution in [2.75, 3.05) is 32.1 Å². The summed E-state index contributed by atoms with van der Waals surface area (Å²) in [6, 6.07) is 12.7. The number of fused-ring (bicyclic) bond motifs is 1. The second kappa shape index (κ2) is 9.46. The molecule has 0 fully saturated rings. The molecule has 0 N–H and O–H groups in total. The van der Waals surface area contributed by atoms with Crippen molar-refractivity contribution in [2.45, 2.75) is 37.3 Å². The van der Waals surface area contributed by atoms with Crippen LogP contribution in [0.5, 0.6) is 0 Å². The van der Waals surface area contributed by atoms with E-state index < -0.39 is 15.1 Å². The number of carbonyl (C=O) groups is 1. The van der Waals surface area contributed by atoms with E-state index in [1.165, 1.54) is 11.3 Å². The molecule has 0 atom stereocenters. The number of likely N-dealkylation sites (N-methyl/N-ethyl adjacent to an activating group) is 1. The summed E-state index contributed by atoms with van der Waals surface area (Å²) in [5.41, 5.74) is 2.79. The van der Waals surface area contributed by atoms with Crippen molar-refractivity contribution in [1.82, 2.24) is 9.88 Å². The van der Waals surface area contributed by atoms with Crippen molar-refractivity contribution in [3.8, 4) is 0 Å². The largest absolute Gasteiger partial charge is 0.308 e. The van der Waals surface area contributed by atoms with Crippen LogP contribution in [0.3, 0.4) is 0 Å². The topological polar surface area (TPSA) is 70.6 Å². The third-order valence-corrected chi connectivity index (χ3v) is 8.35. The molecular formula is C23H29N3O3S2. The molecule has 1 amide bonds. The fourth-order valence-electron chi connectivity index (χ4n) is 3.16. The summed E-state index contributed by atoms with van der Waals surface area (Å²) in [5.74, 6) is -0.0574. The Kier molecular flexibility index (Phi) is 7.13. The van der Waals surface area contributed by atoms with Crippen molar-refractivity contribution in [1.29, 1.82) is 0 Å². The Morgan fingerprint density at radius 3 is 2.32 bits per heavy atom. The Morgan fingerprint density at radius 1 is 1.06 bits per heavy atom. The number of anilines is 1. The van der Waals surface area contributed by atoms with Crippen LogP contribution >= 0.6 is 11.3 Å². The highest BCUT2D eigenvalue weighted by molar-refractivity contribution is 7.92. The second-order valence-corrected chi connectivity index (χ2v) is 11.7. The van der Waals surface area contributed by atoms with Gasteiger partial charge in [0.25, 0.3) is 0 Å². The molecule has 0 bridgehead atoms. The number of hydrogen-bond acceptors (Lipinski definition) is 6. The minimum absolute atomic E-state index is 0.0574. The maximum atomic E-state index is 13.2. The summed E-state index contributed by atoms with van der Waals surface area (Å²) in [5, 5.41) is 0.208. The number of carbonyl (C=O) groups excluding carboxylic acids is 1. The number of rotatable bonds is 8. The molecule has 0 aliphatic rings. The molecule has 1 aromatic heterocycles. The minimum Gasteiger partial charge on any atom is -0.308 e. The van der Waals surface area contributed by atoms with Crippen molar-refractivity contribution >= 4 is 42.4 Å². The summed E-state index contributed by atoms with van der Waals surface area (Å²) < 4.78 is 25.7. The van der Waals surface area contributed by atoms with Gasteiger partial charge in [-0.1, -0.05) is 35.6 Å². The van der Waals surface area contributed by atoms with Crippen LogP contribution in [0.4, 0.5) is 5.13 Å². The number of amides is 1. The number of aryl methyl sites for hydroxylation is 1. The van der Waals surface area contributed by atoms with E-state index in [2.05, 4.69) is 0 Å². The molecule has 8 heteroatoms. The Bertz CT molecular complexity index is 1170. The highest BCUT2D eigenvalue weighted by Crippen LogP contribution is 2.31. The molecule has 0 unspecified atom stereocenters. The van der Waals surface area contributed by atoms with E-state index in [0.717, 1.165) is 21.3 Å². The molecule has 0 saturated carbocycles. The zero-order valence-electron chi connectivity index (χ0n) is 18.6. The molecule has 0 aliphatic heterocycles. The molecule has 3 aromatic rings. The number of nitrogens with zero attached hydrogens (tertiary/aromatic N) is 3. The zero-order valence-corrected chi connectivity index (χ0v) is 20.3. The van der Waals surface area contributed by atoms with Gasteiger partial charge in [0.2, 0.25) is 5.91 Å². The van der Waals surface area contributed by atoms with Gasteiger partial charge in [-0.15, -0.1) is 0 Å². The van der Waals surface area contributed by atoms with Gasteiger partial charge in [0, 0.05) is 13.1 Å². The van der Waals surface area contributed by atoms with Crippen molar-refractivity contribution in [3.63, 3.8) is 0 Å². The van der Waals surface area contributed by atoms with Crippen LogP contribution < -0.4 is 4.90 Å². The van der Waals surface area contributed by atoms with Gasteiger partial charge >= 0.3 is 0 Å². The fraction of sp³-hybridized carbons (Fsp3) is 0.391. The van der Waals surface area contributed by atoms with Crippen LogP contribution in [0.2, 0.25) is 0 Å². The molecule has 1 heterocycles. The van der Waals surface area contributed by atoms with Crippen molar-refractivity contribution in [3.05, 3.63) is 53.6 Å². The molecular weight excluding hydrogens is 430 g/mol. The minimum atomic E-state index is -3.33. The van der Waals surface area contributed by atoms with E-state index >= 15 is 0 Å². The third-order valence-electron chi connectivity index (χ3n) is 5.14. The lowest BCUT2D eigenvalue weighted by Crippen LogP contribution is -2.37. The average Bonchev–Trinajstić information content (AvgIpc) is 3.13. The lowest BCUT2D eigenvalue weighted by molar-refractivity contribution is -0.118. The van der Waals surface area contributed by atoms with Crippen LogP contribution in [-0.2, 0) is 21.1 Å². The first-order chi connectivity index (χ1) is 14.6. The predicted molar refractivity (Wildman–Crippen MR) is 128 cm³/mol. The molecule has 0 radical (unpaired) electrons. The van der Waals surface area contributed by atoms with Gasteiger partial charge in [-0.25, -0.2) is 13.4 Å². The Balaban J connectivity index is 1.85. The first-order valence-corrected chi connectivity index (χ1v) is 12.6. The molecule has 0 aliphatic carbocycles. The number of hydrogen-bond donors (Lipinski definition) is 0. The molecule has 0 spiro atoms. The Morgan fingerprint density at radius 2 is 1.74 bits per heavy atom. The smallest absolute Gasteiger partial charge is 0.233 e. The molecule has 31 heavy (non-hydrogen) atoms. The standard InChI is InChI=1S/C23H29N3O3S2/c1-16(2)31(28,29)19-11-9-18(10-12-19)15-21(27)26(14-13-25(4)5)23-24-22-17(3)7-6-8-20(22)30-23/h6-12,16H,13-15H2,1-5H3. The summed E-state index contributed by atoms with van der Waals surface area (Å²) in [4.78, 5) is 22.0. The van der Waals surface area contributed by atoms with E-state index in [0.29, 0.717) is 18.2 Å². The lowest BCUT2D eigenvalue weighted by atomic mass is 10.1. The quantitative estimate of drug-likeness (QED) is 0.511. The number of thiazole rings is 1. The van der Waals surface area contributed by atoms with Crippen LogP contribution in [0, 0.1) is 6.92 Å². The van der Waals surface area contributed by atoms with E-state index in [1.54, 1.807) is 43.0 Å². The van der Waals surface area contributed by atoms with Gasteiger partial charge in [-0.2, -0.15) is 0 Å². The average molecular weight is 460 g/mol. The fourth-order valence-corrected chi connectivity index (χ4v) is 5.30. The molecule has 0 saturated heterocycles. The summed E-state index contributed by atoms with van der Waals surface area (Å²) in [6.07, 6.45) is 0.185. The molecule has 6 nitrogen and oxygen atoms in total. The van der Waals surface area contributed by atoms with Gasteiger partial charge in [-0.05, 0) is 64.2 Å². The Hall–Kier alpha value is -2.29. The number of para-hydroxylation sites is 1. The summed E-state index contributed by atoms with van der Waals surface area (Å²) >= 11 is 1.52. The second-order valence-electron chi connectivity index (χ2n) is 8.18. The van der Waals surface area contributed by atoms with Gasteiger partial charge < -0.3 is 4.90 Å². The first-order valence-electron chi connectivity index (χ1n) is 10.2. The highest BCUT2D eigenvalue weighted by Gasteiger charge is 2.22. The predicted octanol–water partition coefficient (Wildman–Crippen LogP) is 3.92. The SMILES string of the molecule is Cc1cccc2sc(N(CCN(C)C)C(=O)Cc3ccc(S(=O)(=O)C(C)C)cc3)nc12. The van der Waals surface area contributed by atoms with Gasteiger partial charge in [0.1, 0.15) is 0 Å². The maximum Gasteiger partial charge on any atom is 0.233 e. The van der Waals surface area contributed by atoms with E-state index in [-0.39, 0.29) is 17.2 Å². The maximum absolute atomic E-state index is 13.2. The monoisotopic (exact) mass is 459 g/mol. The van der Waals surface area contributed by atoms with E-state index in [9.17, 15) is 13.2 Å². The lowest BCUT2D eigenvalue weighted by Gasteiger charge is -2.22. The van der Waals surface area contributed by atoms with Crippen molar-refractivity contribution in [2.24, 2.45) is 0 Å². The normalized spacial score (nSPS) is 12.1. The summed E-state index contributed by atoms with van der Waals surface area (Å²) in [6.45, 7) is 6.59. The van der Waals surface area contributed by atoms with E-state index in [4.69, 9.17) is 4.98 Å². The van der Waals surface area contributed by atoms with Crippen LogP contribution in [-0.4, -0.2) is 56.6 Å². The number of benzene rings is 2. The van der Waals surface area contributed by atoms with Crippen molar-refractivity contribution < 1.29 is 13.2 Å². The van der Waals surface area contributed by atoms with E-state index in [1.807, 2.05) is 44.1 Å². The third kappa shape index (κ3) is 5.31. The van der Waals surface area contributed by atoms with Gasteiger partial charge in [0.15, 0.2) is 15.0 Å². The van der Waals surface area contributed by atoms with Crippen LogP contribution in [0.1, 0.15) is 25.0 Å². The molecule has 2 aromatic carbocycles. The van der Waals surface area contributed by atoms with Crippen LogP contribution in [0.15, 0.2) is 47.4 Å².